The second-order valence-electron chi connectivity index (χ2n) is 17.1. The molecule has 0 aromatic heterocycles. The van der Waals surface area contributed by atoms with Crippen molar-refractivity contribution in [2.75, 3.05) is 0 Å². The van der Waals surface area contributed by atoms with Crippen LogP contribution in [0.4, 0.5) is 13.2 Å². The van der Waals surface area contributed by atoms with Crippen LogP contribution in [-0.4, -0.2) is 18.5 Å². The molecule has 0 fully saturated rings. The van der Waals surface area contributed by atoms with Crippen LogP contribution in [0.1, 0.15) is 128 Å². The highest BCUT2D eigenvalue weighted by molar-refractivity contribution is 7.86. The van der Waals surface area contributed by atoms with E-state index in [2.05, 4.69) is 180 Å². The van der Waals surface area contributed by atoms with E-state index in [4.69, 9.17) is 13.0 Å². The van der Waals surface area contributed by atoms with Gasteiger partial charge in [0.2, 0.25) is 0 Å². The van der Waals surface area contributed by atoms with Crippen molar-refractivity contribution in [2.45, 2.75) is 123 Å². The lowest BCUT2D eigenvalue weighted by molar-refractivity contribution is -0.0510. The van der Waals surface area contributed by atoms with Crippen molar-refractivity contribution < 1.29 is 26.1 Å². The molecule has 1 N–H and O–H groups in total. The number of halogens is 3. The average molecular weight is 711 g/mol. The number of hydrogen-bond acceptors (Lipinski definition) is 2. The van der Waals surface area contributed by atoms with Gasteiger partial charge in [-0.2, -0.15) is 21.6 Å². The van der Waals surface area contributed by atoms with E-state index in [1.807, 2.05) is 0 Å². The van der Waals surface area contributed by atoms with E-state index in [0.29, 0.717) is 0 Å². The monoisotopic (exact) mass is 710 g/mol. The van der Waals surface area contributed by atoms with Crippen molar-refractivity contribution in [3.05, 3.63) is 142 Å². The maximum Gasteiger partial charge on any atom is 0.522 e. The largest absolute Gasteiger partial charge is 0.522 e. The first kappa shape index (κ1) is 42.7. The minimum Gasteiger partial charge on any atom is -0.279 e. The van der Waals surface area contributed by atoms with Crippen molar-refractivity contribution in [3.63, 3.8) is 0 Å². The summed E-state index contributed by atoms with van der Waals surface area (Å²) in [6.07, 6.45) is 2.02. The van der Waals surface area contributed by atoms with Gasteiger partial charge in [0.05, 0.1) is 0 Å². The maximum atomic E-state index is 10.7. The Kier molecular flexibility index (Phi) is 13.9. The van der Waals surface area contributed by atoms with Crippen LogP contribution >= 0.6 is 0 Å². The molecule has 3 nitrogen and oxygen atoms in total. The normalized spacial score (nSPS) is 12.7. The second kappa shape index (κ2) is 16.3. The van der Waals surface area contributed by atoms with E-state index in [1.54, 1.807) is 0 Å². The van der Waals surface area contributed by atoms with Crippen LogP contribution < -0.4 is 0 Å². The third-order valence-corrected chi connectivity index (χ3v) is 8.97. The Morgan fingerprint density at radius 2 is 0.540 bits per heavy atom. The van der Waals surface area contributed by atoms with Crippen LogP contribution in [0.25, 0.3) is 0 Å². The first-order valence-corrected chi connectivity index (χ1v) is 18.4. The number of alkyl halides is 3. The van der Waals surface area contributed by atoms with E-state index < -0.39 is 15.6 Å². The van der Waals surface area contributed by atoms with Crippen LogP contribution in [0, 0.1) is 0 Å². The molecule has 0 aliphatic carbocycles. The number of rotatable bonds is 4. The molecule has 0 aliphatic rings. The Hall–Kier alpha value is -3.42. The van der Waals surface area contributed by atoms with Gasteiger partial charge in [-0.25, -0.2) is 0 Å². The van der Waals surface area contributed by atoms with Crippen LogP contribution in [0.5, 0.6) is 0 Å². The van der Waals surface area contributed by atoms with E-state index in [9.17, 15) is 13.2 Å². The Morgan fingerprint density at radius 1 is 0.400 bits per heavy atom. The summed E-state index contributed by atoms with van der Waals surface area (Å²) in [5, 5.41) is 0. The predicted molar refractivity (Wildman–Crippen MR) is 204 cm³/mol. The van der Waals surface area contributed by atoms with Crippen LogP contribution in [0.15, 0.2) is 97.1 Å². The quantitative estimate of drug-likeness (QED) is 0.169. The molecule has 0 saturated heterocycles. The molecule has 274 valence electrons. The summed E-state index contributed by atoms with van der Waals surface area (Å²) in [5.41, 5.74) is 6.50. The van der Waals surface area contributed by atoms with E-state index in [0.717, 1.165) is 12.8 Å². The highest BCUT2D eigenvalue weighted by Crippen LogP contribution is 2.27. The lowest BCUT2D eigenvalue weighted by Gasteiger charge is -2.20. The van der Waals surface area contributed by atoms with Gasteiger partial charge >= 0.3 is 15.6 Å². The van der Waals surface area contributed by atoms with Crippen LogP contribution in [0.2, 0.25) is 0 Å². The molecule has 7 heteroatoms. The van der Waals surface area contributed by atoms with E-state index >= 15 is 0 Å². The summed E-state index contributed by atoms with van der Waals surface area (Å²) in [6.45, 7) is 27.1. The molecule has 50 heavy (non-hydrogen) atoms. The van der Waals surface area contributed by atoms with Gasteiger partial charge in [-0.15, -0.1) is 0 Å². The van der Waals surface area contributed by atoms with Crippen molar-refractivity contribution >= 4 is 10.1 Å². The van der Waals surface area contributed by atoms with E-state index in [-0.39, 0.29) is 21.7 Å². The molecule has 0 spiro atoms. The molecule has 0 atom stereocenters. The molecule has 0 bridgehead atoms. The van der Waals surface area contributed by atoms with Gasteiger partial charge in [0, 0.05) is 0 Å². The molecule has 4 aromatic carbocycles. The Balaban J connectivity index is 0.000000286. The fourth-order valence-corrected chi connectivity index (χ4v) is 4.96. The molecule has 0 amide bonds. The molecule has 0 heterocycles. The molecular formula is C43H57F3O3S. The Bertz CT molecular complexity index is 1500. The molecule has 0 unspecified atom stereocenters. The molecule has 0 radical (unpaired) electrons. The maximum absolute atomic E-state index is 10.7. The smallest absolute Gasteiger partial charge is 0.279 e. The molecule has 0 aliphatic heterocycles. The van der Waals surface area contributed by atoms with Gasteiger partial charge in [-0.3, -0.25) is 4.55 Å². The van der Waals surface area contributed by atoms with Crippen molar-refractivity contribution in [1.82, 2.24) is 0 Å². The second-order valence-corrected chi connectivity index (χ2v) is 18.5. The fraction of sp³-hybridized carbons (Fsp3) is 0.442. The Labute approximate surface area is 300 Å². The lowest BCUT2D eigenvalue weighted by Crippen LogP contribution is -2.21. The highest BCUT2D eigenvalue weighted by Gasteiger charge is 2.44. The lowest BCUT2D eigenvalue weighted by atomic mass is 9.85. The van der Waals surface area contributed by atoms with E-state index in [1.165, 1.54) is 44.5 Å². The third kappa shape index (κ3) is 14.1. The standard InChI is InChI=1S/2C21H28.CHF3O3S/c2*1-20(2,3)18-11-7-16(8-12-18)15-17-9-13-19(14-10-17)21(4,5)6;2-1(3,4)8(5,6)7/h2*7-14H,15H2,1-6H3;(H,5,6,7). The first-order valence-electron chi connectivity index (χ1n) is 17.0. The van der Waals surface area contributed by atoms with Gasteiger partial charge in [-0.05, 0) is 79.0 Å². The zero-order valence-corrected chi connectivity index (χ0v) is 32.8. The first-order chi connectivity index (χ1) is 22.6. The summed E-state index contributed by atoms with van der Waals surface area (Å²) in [4.78, 5) is 0. The van der Waals surface area contributed by atoms with Gasteiger partial charge in [0.15, 0.2) is 0 Å². The van der Waals surface area contributed by atoms with Gasteiger partial charge < -0.3 is 0 Å². The van der Waals surface area contributed by atoms with Gasteiger partial charge in [0.1, 0.15) is 0 Å². The zero-order chi connectivity index (χ0) is 38.3. The van der Waals surface area contributed by atoms with Crippen molar-refractivity contribution in [2.24, 2.45) is 0 Å². The third-order valence-electron chi connectivity index (χ3n) is 8.39. The number of benzene rings is 4. The molecular weight excluding hydrogens is 654 g/mol. The van der Waals surface area contributed by atoms with Gasteiger partial charge in [-0.1, -0.05) is 180 Å². The topological polar surface area (TPSA) is 54.4 Å². The SMILES string of the molecule is CC(C)(C)c1ccc(Cc2ccc(C(C)(C)C)cc2)cc1.CC(C)(C)c1ccc(Cc2ccc(C(C)(C)C)cc2)cc1.O=S(=O)(O)C(F)(F)F. The summed E-state index contributed by atoms with van der Waals surface area (Å²) in [6, 6.07) is 36.2. The van der Waals surface area contributed by atoms with Gasteiger partial charge in [0.25, 0.3) is 0 Å². The Morgan fingerprint density at radius 3 is 0.640 bits per heavy atom. The minimum atomic E-state index is -5.84. The summed E-state index contributed by atoms with van der Waals surface area (Å²) >= 11 is 0. The van der Waals surface area contributed by atoms with Crippen molar-refractivity contribution in [1.29, 1.82) is 0 Å². The van der Waals surface area contributed by atoms with Crippen LogP contribution in [0.3, 0.4) is 0 Å². The minimum absolute atomic E-state index is 0.229. The summed E-state index contributed by atoms with van der Waals surface area (Å²) in [7, 11) is -5.84. The average Bonchev–Trinajstić information content (AvgIpc) is 2.96. The predicted octanol–water partition coefficient (Wildman–Crippen LogP) is 12.1. The fourth-order valence-electron chi connectivity index (χ4n) is 4.96. The summed E-state index contributed by atoms with van der Waals surface area (Å²) in [5.74, 6) is 0. The molecule has 0 saturated carbocycles. The zero-order valence-electron chi connectivity index (χ0n) is 32.0. The van der Waals surface area contributed by atoms with Crippen molar-refractivity contribution in [3.8, 4) is 0 Å². The van der Waals surface area contributed by atoms with Crippen LogP contribution in [-0.2, 0) is 44.6 Å². The summed E-state index contributed by atoms with van der Waals surface area (Å²) < 4.78 is 57.5. The number of hydrogen-bond donors (Lipinski definition) is 1. The molecule has 4 rings (SSSR count). The molecule has 4 aromatic rings. The highest BCUT2D eigenvalue weighted by atomic mass is 32.2.